The standard InChI is InChI=1S/C6H16N3O2P/c1-8(2)12(4,11)9(3)5-6(7)10/h5H2,1-4H3,(H2,7,10). The van der Waals surface area contributed by atoms with Crippen LogP contribution in [0.25, 0.3) is 0 Å². The zero-order chi connectivity index (χ0) is 9.94. The fraction of sp³-hybridized carbons (Fsp3) is 0.833. The number of nitrogens with two attached hydrogens (primary N) is 1. The van der Waals surface area contributed by atoms with Gasteiger partial charge in [0.15, 0.2) is 0 Å². The molecule has 12 heavy (non-hydrogen) atoms. The normalized spacial score (nSPS) is 16.5. The fourth-order valence-electron chi connectivity index (χ4n) is 0.662. The van der Waals surface area contributed by atoms with Gasteiger partial charge in [-0.3, -0.25) is 9.36 Å². The number of hydrogen-bond donors (Lipinski definition) is 1. The second kappa shape index (κ2) is 4.03. The maximum absolute atomic E-state index is 11.8. The summed E-state index contributed by atoms with van der Waals surface area (Å²) in [5.74, 6) is -0.471. The second-order valence-electron chi connectivity index (χ2n) is 2.96. The van der Waals surface area contributed by atoms with Gasteiger partial charge in [-0.1, -0.05) is 0 Å². The highest BCUT2D eigenvalue weighted by atomic mass is 31.2. The van der Waals surface area contributed by atoms with Crippen molar-refractivity contribution in [3.63, 3.8) is 0 Å². The summed E-state index contributed by atoms with van der Waals surface area (Å²) in [6, 6.07) is 0. The SMILES string of the molecule is CN(C)P(C)(=O)N(C)CC(N)=O. The van der Waals surface area contributed by atoms with Crippen LogP contribution in [0.4, 0.5) is 0 Å². The number of rotatable bonds is 4. The first kappa shape index (κ1) is 11.6. The van der Waals surface area contributed by atoms with Crippen molar-refractivity contribution in [2.75, 3.05) is 34.4 Å². The molecule has 0 saturated carbocycles. The molecule has 0 heterocycles. The van der Waals surface area contributed by atoms with Crippen molar-refractivity contribution < 1.29 is 9.36 Å². The minimum Gasteiger partial charge on any atom is -0.369 e. The van der Waals surface area contributed by atoms with Gasteiger partial charge in [0.25, 0.3) is 0 Å². The van der Waals surface area contributed by atoms with E-state index in [1.165, 1.54) is 4.67 Å². The molecule has 0 rings (SSSR count). The van der Waals surface area contributed by atoms with Gasteiger partial charge in [0.05, 0.1) is 6.54 Å². The van der Waals surface area contributed by atoms with Crippen molar-refractivity contribution in [1.29, 1.82) is 0 Å². The molecule has 0 aliphatic rings. The van der Waals surface area contributed by atoms with Crippen molar-refractivity contribution in [1.82, 2.24) is 9.34 Å². The number of nitrogens with zero attached hydrogens (tertiary/aromatic N) is 2. The van der Waals surface area contributed by atoms with E-state index in [0.717, 1.165) is 0 Å². The molecule has 0 fully saturated rings. The Hall–Kier alpha value is -0.380. The third-order valence-corrected chi connectivity index (χ3v) is 4.65. The van der Waals surface area contributed by atoms with Crippen LogP contribution in [0, 0.1) is 0 Å². The van der Waals surface area contributed by atoms with Crippen LogP contribution in [0.5, 0.6) is 0 Å². The quantitative estimate of drug-likeness (QED) is 0.627. The minimum absolute atomic E-state index is 0.0198. The van der Waals surface area contributed by atoms with Gasteiger partial charge >= 0.3 is 0 Å². The van der Waals surface area contributed by atoms with E-state index in [9.17, 15) is 9.36 Å². The summed E-state index contributed by atoms with van der Waals surface area (Å²) in [4.78, 5) is 10.5. The van der Waals surface area contributed by atoms with E-state index < -0.39 is 13.4 Å². The fourth-order valence-corrected chi connectivity index (χ4v) is 1.67. The molecule has 0 aromatic heterocycles. The number of amides is 1. The molecule has 72 valence electrons. The van der Waals surface area contributed by atoms with Crippen LogP contribution in [-0.4, -0.2) is 49.6 Å². The van der Waals surface area contributed by atoms with Gasteiger partial charge in [-0.2, -0.15) is 0 Å². The van der Waals surface area contributed by atoms with E-state index in [-0.39, 0.29) is 6.54 Å². The van der Waals surface area contributed by atoms with Crippen LogP contribution in [0.15, 0.2) is 0 Å². The Kier molecular flexibility index (Phi) is 3.90. The van der Waals surface area contributed by atoms with Crippen molar-refractivity contribution >= 4 is 13.4 Å². The number of likely N-dealkylation sites (N-methyl/N-ethyl adjacent to an activating group) is 1. The van der Waals surface area contributed by atoms with Gasteiger partial charge in [-0.25, -0.2) is 9.34 Å². The Balaban J connectivity index is 4.36. The molecule has 0 aromatic carbocycles. The molecule has 0 spiro atoms. The topological polar surface area (TPSA) is 66.6 Å². The molecule has 2 N–H and O–H groups in total. The van der Waals surface area contributed by atoms with Crippen molar-refractivity contribution in [2.45, 2.75) is 0 Å². The van der Waals surface area contributed by atoms with Crippen LogP contribution in [0.1, 0.15) is 0 Å². The Labute approximate surface area is 73.0 Å². The first-order valence-electron chi connectivity index (χ1n) is 3.53. The minimum atomic E-state index is -2.54. The molecule has 6 heteroatoms. The second-order valence-corrected chi connectivity index (χ2v) is 6.12. The zero-order valence-electron chi connectivity index (χ0n) is 7.94. The van der Waals surface area contributed by atoms with E-state index in [1.807, 2.05) is 0 Å². The summed E-state index contributed by atoms with van der Waals surface area (Å²) >= 11 is 0. The van der Waals surface area contributed by atoms with Crippen LogP contribution < -0.4 is 5.73 Å². The monoisotopic (exact) mass is 193 g/mol. The Morgan fingerprint density at radius 3 is 2.08 bits per heavy atom. The summed E-state index contributed by atoms with van der Waals surface area (Å²) in [5, 5.41) is 0. The lowest BCUT2D eigenvalue weighted by molar-refractivity contribution is -0.118. The van der Waals surface area contributed by atoms with Crippen molar-refractivity contribution in [3.05, 3.63) is 0 Å². The van der Waals surface area contributed by atoms with Gasteiger partial charge in [0.2, 0.25) is 13.4 Å². The van der Waals surface area contributed by atoms with Gasteiger partial charge < -0.3 is 5.73 Å². The smallest absolute Gasteiger partial charge is 0.232 e. The van der Waals surface area contributed by atoms with Crippen LogP contribution in [-0.2, 0) is 9.36 Å². The van der Waals surface area contributed by atoms with Gasteiger partial charge in [0.1, 0.15) is 0 Å². The molecule has 5 nitrogen and oxygen atoms in total. The molecule has 0 aromatic rings. The first-order valence-corrected chi connectivity index (χ1v) is 5.59. The molecule has 0 aliphatic heterocycles. The van der Waals surface area contributed by atoms with Crippen molar-refractivity contribution in [3.8, 4) is 0 Å². The van der Waals surface area contributed by atoms with E-state index in [0.29, 0.717) is 0 Å². The van der Waals surface area contributed by atoms with Crippen molar-refractivity contribution in [2.24, 2.45) is 5.73 Å². The third-order valence-electron chi connectivity index (χ3n) is 1.76. The molecule has 0 bridgehead atoms. The molecular formula is C6H16N3O2P. The molecule has 1 unspecified atom stereocenters. The Morgan fingerprint density at radius 2 is 1.83 bits per heavy atom. The summed E-state index contributed by atoms with van der Waals surface area (Å²) in [6.45, 7) is 1.61. The summed E-state index contributed by atoms with van der Waals surface area (Å²) < 4.78 is 14.9. The zero-order valence-corrected chi connectivity index (χ0v) is 8.84. The lowest BCUT2D eigenvalue weighted by atomic mass is 10.6. The van der Waals surface area contributed by atoms with Gasteiger partial charge in [-0.15, -0.1) is 0 Å². The first-order chi connectivity index (χ1) is 5.28. The highest BCUT2D eigenvalue weighted by Gasteiger charge is 2.24. The average Bonchev–Trinajstić information content (AvgIpc) is 1.85. The number of hydrogen-bond acceptors (Lipinski definition) is 2. The maximum atomic E-state index is 11.8. The predicted molar refractivity (Wildman–Crippen MR) is 49.0 cm³/mol. The summed E-state index contributed by atoms with van der Waals surface area (Å²) in [5.41, 5.74) is 4.97. The Morgan fingerprint density at radius 1 is 1.42 bits per heavy atom. The predicted octanol–water partition coefficient (Wildman–Crippen LogP) is -0.212. The number of primary amides is 1. The average molecular weight is 193 g/mol. The van der Waals surface area contributed by atoms with E-state index in [4.69, 9.17) is 5.73 Å². The van der Waals surface area contributed by atoms with Crippen LogP contribution in [0.2, 0.25) is 0 Å². The third kappa shape index (κ3) is 2.93. The summed E-state index contributed by atoms with van der Waals surface area (Å²) in [6.07, 6.45) is 0. The number of carbonyl (C=O) groups excluding carboxylic acids is 1. The molecule has 1 atom stereocenters. The highest BCUT2D eigenvalue weighted by Crippen LogP contribution is 2.45. The molecule has 0 radical (unpaired) electrons. The van der Waals surface area contributed by atoms with Crippen LogP contribution >= 0.6 is 7.44 Å². The maximum Gasteiger partial charge on any atom is 0.232 e. The summed E-state index contributed by atoms with van der Waals surface area (Å²) in [7, 11) is 2.49. The molecule has 0 saturated heterocycles. The number of carbonyl (C=O) groups is 1. The van der Waals surface area contributed by atoms with Crippen LogP contribution in [0.3, 0.4) is 0 Å². The van der Waals surface area contributed by atoms with E-state index in [2.05, 4.69) is 0 Å². The van der Waals surface area contributed by atoms with E-state index >= 15 is 0 Å². The molecule has 0 aliphatic carbocycles. The molecular weight excluding hydrogens is 177 g/mol. The van der Waals surface area contributed by atoms with E-state index in [1.54, 1.807) is 32.5 Å². The largest absolute Gasteiger partial charge is 0.369 e. The molecule has 1 amide bonds. The lowest BCUT2D eigenvalue weighted by Gasteiger charge is -2.28. The Bertz CT molecular complexity index is 217. The highest BCUT2D eigenvalue weighted by molar-refractivity contribution is 7.58. The van der Waals surface area contributed by atoms with Gasteiger partial charge in [-0.05, 0) is 21.1 Å². The lowest BCUT2D eigenvalue weighted by Crippen LogP contribution is -2.32. The van der Waals surface area contributed by atoms with Gasteiger partial charge in [0, 0.05) is 6.66 Å².